The lowest BCUT2D eigenvalue weighted by Gasteiger charge is -2.35. The molecule has 0 aromatic heterocycles. The Morgan fingerprint density at radius 3 is 2.33 bits per heavy atom. The summed E-state index contributed by atoms with van der Waals surface area (Å²) in [5, 5.41) is 2.64. The molecule has 1 aromatic carbocycles. The summed E-state index contributed by atoms with van der Waals surface area (Å²) in [6, 6.07) is 5.20. The monoisotopic (exact) mass is 330 g/mol. The highest BCUT2D eigenvalue weighted by Crippen LogP contribution is 2.21. The van der Waals surface area contributed by atoms with Gasteiger partial charge in [0, 0.05) is 25.8 Å². The van der Waals surface area contributed by atoms with E-state index in [1.807, 2.05) is 26.0 Å². The molecule has 2 aliphatic rings. The number of carbonyl (C=O) groups excluding carboxylic acids is 3. The van der Waals surface area contributed by atoms with Crippen molar-refractivity contribution in [2.75, 3.05) is 38.1 Å². The number of piperazine rings is 1. The third-order valence-corrected chi connectivity index (χ3v) is 4.45. The SMILES string of the molecule is Cc1cc(C)cc(N2CCN(C(=O)[C@@H]3CN(C)C(=O)N3)CC2=O)c1. The Morgan fingerprint density at radius 1 is 1.12 bits per heavy atom. The molecule has 0 spiro atoms. The molecule has 1 N–H and O–H groups in total. The third-order valence-electron chi connectivity index (χ3n) is 4.45. The number of nitrogens with one attached hydrogen (secondary N) is 1. The van der Waals surface area contributed by atoms with E-state index < -0.39 is 6.04 Å². The Morgan fingerprint density at radius 2 is 1.79 bits per heavy atom. The third kappa shape index (κ3) is 3.06. The smallest absolute Gasteiger partial charge is 0.317 e. The summed E-state index contributed by atoms with van der Waals surface area (Å²) < 4.78 is 0. The van der Waals surface area contributed by atoms with Crippen LogP contribution in [0.5, 0.6) is 0 Å². The number of likely N-dealkylation sites (N-methyl/N-ethyl adjacent to an activating group) is 1. The first-order valence-corrected chi connectivity index (χ1v) is 8.04. The van der Waals surface area contributed by atoms with Crippen molar-refractivity contribution in [1.29, 1.82) is 0 Å². The van der Waals surface area contributed by atoms with Crippen LogP contribution in [0.2, 0.25) is 0 Å². The molecule has 3 rings (SSSR count). The number of urea groups is 1. The number of carbonyl (C=O) groups is 3. The van der Waals surface area contributed by atoms with E-state index in [1.54, 1.807) is 11.9 Å². The van der Waals surface area contributed by atoms with Crippen molar-refractivity contribution in [3.63, 3.8) is 0 Å². The van der Waals surface area contributed by atoms with Crippen LogP contribution >= 0.6 is 0 Å². The first-order valence-electron chi connectivity index (χ1n) is 8.04. The van der Waals surface area contributed by atoms with Gasteiger partial charge in [0.2, 0.25) is 11.8 Å². The van der Waals surface area contributed by atoms with Gasteiger partial charge in [0.25, 0.3) is 0 Å². The highest BCUT2D eigenvalue weighted by Gasteiger charge is 2.37. The van der Waals surface area contributed by atoms with E-state index in [9.17, 15) is 14.4 Å². The van der Waals surface area contributed by atoms with E-state index in [0.29, 0.717) is 19.6 Å². The Bertz CT molecular complexity index is 683. The molecule has 0 saturated carbocycles. The molecule has 0 aliphatic carbocycles. The van der Waals surface area contributed by atoms with Gasteiger partial charge in [0.15, 0.2) is 0 Å². The molecule has 1 aromatic rings. The van der Waals surface area contributed by atoms with E-state index in [2.05, 4.69) is 11.4 Å². The maximum absolute atomic E-state index is 12.5. The quantitative estimate of drug-likeness (QED) is 0.858. The van der Waals surface area contributed by atoms with Gasteiger partial charge in [-0.3, -0.25) is 9.59 Å². The Hall–Kier alpha value is -2.57. The minimum absolute atomic E-state index is 0.0436. The predicted molar refractivity (Wildman–Crippen MR) is 89.8 cm³/mol. The molecule has 1 atom stereocenters. The molecule has 7 nitrogen and oxygen atoms in total. The van der Waals surface area contributed by atoms with Crippen LogP contribution in [0.4, 0.5) is 10.5 Å². The standard InChI is InChI=1S/C17H22N4O3/c1-11-6-12(2)8-13(7-11)21-5-4-20(10-15(21)22)16(23)14-9-19(3)17(24)18-14/h6-8,14H,4-5,9-10H2,1-3H3,(H,18,24)/t14-/m0/s1. The maximum Gasteiger partial charge on any atom is 0.317 e. The Kier molecular flexibility index (Phi) is 4.17. The molecule has 7 heteroatoms. The Labute approximate surface area is 141 Å². The maximum atomic E-state index is 12.5. The molecule has 2 heterocycles. The van der Waals surface area contributed by atoms with Gasteiger partial charge in [-0.2, -0.15) is 0 Å². The molecule has 0 radical (unpaired) electrons. The lowest BCUT2D eigenvalue weighted by Crippen LogP contribution is -2.56. The zero-order chi connectivity index (χ0) is 17.4. The molecule has 2 aliphatic heterocycles. The van der Waals surface area contributed by atoms with Gasteiger partial charge in [-0.05, 0) is 37.1 Å². The summed E-state index contributed by atoms with van der Waals surface area (Å²) in [6.45, 7) is 5.31. The number of benzene rings is 1. The highest BCUT2D eigenvalue weighted by molar-refractivity contribution is 5.99. The van der Waals surface area contributed by atoms with Crippen LogP contribution in [-0.4, -0.2) is 66.9 Å². The molecular weight excluding hydrogens is 308 g/mol. The van der Waals surface area contributed by atoms with Crippen molar-refractivity contribution in [3.05, 3.63) is 29.3 Å². The van der Waals surface area contributed by atoms with E-state index in [-0.39, 0.29) is 24.4 Å². The second kappa shape index (κ2) is 6.14. The molecular formula is C17H22N4O3. The molecule has 24 heavy (non-hydrogen) atoms. The summed E-state index contributed by atoms with van der Waals surface area (Å²) >= 11 is 0. The minimum Gasteiger partial charge on any atom is -0.330 e. The number of anilines is 1. The topological polar surface area (TPSA) is 73.0 Å². The van der Waals surface area contributed by atoms with Crippen LogP contribution in [-0.2, 0) is 9.59 Å². The summed E-state index contributed by atoms with van der Waals surface area (Å²) in [5.74, 6) is -0.293. The van der Waals surface area contributed by atoms with E-state index in [1.165, 1.54) is 9.80 Å². The van der Waals surface area contributed by atoms with E-state index in [4.69, 9.17) is 0 Å². The zero-order valence-electron chi connectivity index (χ0n) is 14.2. The number of hydrogen-bond acceptors (Lipinski definition) is 3. The van der Waals surface area contributed by atoms with Crippen molar-refractivity contribution in [1.82, 2.24) is 15.1 Å². The Balaban J connectivity index is 1.68. The van der Waals surface area contributed by atoms with Gasteiger partial charge in [0.05, 0.1) is 6.54 Å². The fourth-order valence-corrected chi connectivity index (χ4v) is 3.26. The summed E-state index contributed by atoms with van der Waals surface area (Å²) in [4.78, 5) is 41.2. The summed E-state index contributed by atoms with van der Waals surface area (Å²) in [7, 11) is 1.64. The highest BCUT2D eigenvalue weighted by atomic mass is 16.2. The molecule has 2 saturated heterocycles. The molecule has 4 amide bonds. The zero-order valence-corrected chi connectivity index (χ0v) is 14.2. The van der Waals surface area contributed by atoms with Gasteiger partial charge in [-0.15, -0.1) is 0 Å². The fourth-order valence-electron chi connectivity index (χ4n) is 3.26. The normalized spacial score (nSPS) is 21.3. The van der Waals surface area contributed by atoms with Crippen molar-refractivity contribution in [3.8, 4) is 0 Å². The second-order valence-electron chi connectivity index (χ2n) is 6.53. The average Bonchev–Trinajstić information content (AvgIpc) is 2.85. The van der Waals surface area contributed by atoms with Crippen LogP contribution in [0.1, 0.15) is 11.1 Å². The lowest BCUT2D eigenvalue weighted by molar-refractivity contribution is -0.138. The van der Waals surface area contributed by atoms with Crippen molar-refractivity contribution < 1.29 is 14.4 Å². The first-order chi connectivity index (χ1) is 11.3. The van der Waals surface area contributed by atoms with E-state index in [0.717, 1.165) is 16.8 Å². The van der Waals surface area contributed by atoms with Crippen molar-refractivity contribution >= 4 is 23.5 Å². The lowest BCUT2D eigenvalue weighted by atomic mass is 10.1. The minimum atomic E-state index is -0.567. The van der Waals surface area contributed by atoms with Gasteiger partial charge in [-0.1, -0.05) is 6.07 Å². The number of hydrogen-bond donors (Lipinski definition) is 1. The second-order valence-corrected chi connectivity index (χ2v) is 6.53. The predicted octanol–water partition coefficient (Wildman–Crippen LogP) is 0.502. The molecule has 128 valence electrons. The van der Waals surface area contributed by atoms with Gasteiger partial charge < -0.3 is 20.0 Å². The summed E-state index contributed by atoms with van der Waals surface area (Å²) in [6.07, 6.45) is 0. The molecule has 0 unspecified atom stereocenters. The largest absolute Gasteiger partial charge is 0.330 e. The van der Waals surface area contributed by atoms with Crippen molar-refractivity contribution in [2.24, 2.45) is 0 Å². The molecule has 2 fully saturated rings. The average molecular weight is 330 g/mol. The van der Waals surface area contributed by atoms with Crippen molar-refractivity contribution in [2.45, 2.75) is 19.9 Å². The number of rotatable bonds is 2. The number of amides is 4. The fraction of sp³-hybridized carbons (Fsp3) is 0.471. The van der Waals surface area contributed by atoms with Gasteiger partial charge in [0.1, 0.15) is 12.6 Å². The summed E-state index contributed by atoms with van der Waals surface area (Å²) in [5.41, 5.74) is 3.08. The van der Waals surface area contributed by atoms with Crippen LogP contribution < -0.4 is 10.2 Å². The molecule has 0 bridgehead atoms. The van der Waals surface area contributed by atoms with E-state index >= 15 is 0 Å². The number of aryl methyl sites for hydroxylation is 2. The van der Waals surface area contributed by atoms with Crippen LogP contribution in [0.3, 0.4) is 0 Å². The van der Waals surface area contributed by atoms with Crippen LogP contribution in [0.25, 0.3) is 0 Å². The van der Waals surface area contributed by atoms with Gasteiger partial charge in [-0.25, -0.2) is 4.79 Å². The van der Waals surface area contributed by atoms with Gasteiger partial charge >= 0.3 is 6.03 Å². The number of nitrogens with zero attached hydrogens (tertiary/aromatic N) is 3. The van der Waals surface area contributed by atoms with Crippen LogP contribution in [0, 0.1) is 13.8 Å². The first kappa shape index (κ1) is 16.3. The van der Waals surface area contributed by atoms with Crippen LogP contribution in [0.15, 0.2) is 18.2 Å².